The molecule has 0 saturated carbocycles. The second kappa shape index (κ2) is 6.28. The molecule has 1 aromatic rings. The number of piperidine rings is 1. The Bertz CT molecular complexity index is 551. The number of amides is 1. The minimum Gasteiger partial charge on any atom is -0.481 e. The highest BCUT2D eigenvalue weighted by Crippen LogP contribution is 2.22. The molecule has 1 aromatic heterocycles. The Morgan fingerprint density at radius 1 is 1.38 bits per heavy atom. The molecule has 1 fully saturated rings. The fraction of sp³-hybridized carbons (Fsp3) is 0.667. The van der Waals surface area contributed by atoms with E-state index in [9.17, 15) is 9.59 Å². The van der Waals surface area contributed by atoms with Crippen molar-refractivity contribution in [3.8, 4) is 0 Å². The number of carbonyl (C=O) groups excluding carboxylic acids is 1. The lowest BCUT2D eigenvalue weighted by Gasteiger charge is -2.30. The molecule has 21 heavy (non-hydrogen) atoms. The fourth-order valence-electron chi connectivity index (χ4n) is 2.96. The average molecular weight is 293 g/mol. The maximum atomic E-state index is 12.7. The number of aliphatic carboxylic acids is 1. The monoisotopic (exact) mass is 293 g/mol. The third-order valence-electron chi connectivity index (χ3n) is 4.09. The summed E-state index contributed by atoms with van der Waals surface area (Å²) >= 11 is 0. The number of aromatic nitrogens is 2. The quantitative estimate of drug-likeness (QED) is 0.919. The summed E-state index contributed by atoms with van der Waals surface area (Å²) in [7, 11) is 0. The Morgan fingerprint density at radius 3 is 2.71 bits per heavy atom. The number of carboxylic acids is 1. The van der Waals surface area contributed by atoms with E-state index < -0.39 is 11.9 Å². The molecule has 2 heterocycles. The van der Waals surface area contributed by atoms with Gasteiger partial charge in [0, 0.05) is 25.3 Å². The lowest BCUT2D eigenvalue weighted by atomic mass is 9.97. The zero-order valence-corrected chi connectivity index (χ0v) is 12.9. The Labute approximate surface area is 124 Å². The molecule has 0 unspecified atom stereocenters. The molecule has 0 radical (unpaired) electrons. The van der Waals surface area contributed by atoms with Gasteiger partial charge in [0.2, 0.25) is 0 Å². The van der Waals surface area contributed by atoms with Gasteiger partial charge in [0.25, 0.3) is 5.91 Å². The van der Waals surface area contributed by atoms with Crippen molar-refractivity contribution in [2.24, 2.45) is 5.92 Å². The molecule has 0 bridgehead atoms. The van der Waals surface area contributed by atoms with Crippen molar-refractivity contribution in [3.63, 3.8) is 0 Å². The minimum atomic E-state index is -0.817. The van der Waals surface area contributed by atoms with Gasteiger partial charge in [0.1, 0.15) is 0 Å². The smallest absolute Gasteiger partial charge is 0.308 e. The van der Waals surface area contributed by atoms with Crippen LogP contribution in [0.3, 0.4) is 0 Å². The summed E-state index contributed by atoms with van der Waals surface area (Å²) in [4.78, 5) is 25.5. The van der Waals surface area contributed by atoms with Crippen LogP contribution in [0.25, 0.3) is 0 Å². The molecule has 1 amide bonds. The molecular formula is C15H23N3O3. The maximum absolute atomic E-state index is 12.7. The van der Waals surface area contributed by atoms with Gasteiger partial charge in [-0.2, -0.15) is 5.10 Å². The van der Waals surface area contributed by atoms with Crippen LogP contribution in [0.1, 0.15) is 47.9 Å². The predicted octanol–water partition coefficient (Wildman–Crippen LogP) is 1.85. The van der Waals surface area contributed by atoms with Crippen LogP contribution in [0.15, 0.2) is 0 Å². The summed E-state index contributed by atoms with van der Waals surface area (Å²) in [5, 5.41) is 13.6. The second-order valence-corrected chi connectivity index (χ2v) is 5.70. The highest BCUT2D eigenvalue weighted by molar-refractivity contribution is 5.96. The van der Waals surface area contributed by atoms with Crippen molar-refractivity contribution in [2.45, 2.75) is 46.6 Å². The van der Waals surface area contributed by atoms with Gasteiger partial charge in [-0.25, -0.2) is 0 Å². The Morgan fingerprint density at radius 2 is 2.10 bits per heavy atom. The standard InChI is InChI=1S/C15H23N3O3/c1-4-7-18-11(3)13(10(2)16-18)14(19)17-8-5-6-12(9-17)15(20)21/h12H,4-9H2,1-3H3,(H,20,21)/t12-/m0/s1. The summed E-state index contributed by atoms with van der Waals surface area (Å²) in [6, 6.07) is 0. The van der Waals surface area contributed by atoms with Gasteiger partial charge in [-0.3, -0.25) is 14.3 Å². The van der Waals surface area contributed by atoms with E-state index >= 15 is 0 Å². The summed E-state index contributed by atoms with van der Waals surface area (Å²) in [5.74, 6) is -1.35. The topological polar surface area (TPSA) is 75.4 Å². The number of likely N-dealkylation sites (tertiary alicyclic amines) is 1. The van der Waals surface area contributed by atoms with E-state index in [0.29, 0.717) is 25.1 Å². The molecule has 1 aliphatic rings. The SMILES string of the molecule is CCCn1nc(C)c(C(=O)N2CCC[C@H](C(=O)O)C2)c1C. The fourth-order valence-corrected chi connectivity index (χ4v) is 2.96. The number of carboxylic acid groups (broad SMARTS) is 1. The normalized spacial score (nSPS) is 18.8. The zero-order valence-electron chi connectivity index (χ0n) is 12.9. The van der Waals surface area contributed by atoms with Crippen molar-refractivity contribution in [1.82, 2.24) is 14.7 Å². The number of rotatable bonds is 4. The van der Waals surface area contributed by atoms with Gasteiger partial charge in [-0.05, 0) is 33.1 Å². The molecule has 6 heteroatoms. The van der Waals surface area contributed by atoms with Crippen molar-refractivity contribution >= 4 is 11.9 Å². The summed E-state index contributed by atoms with van der Waals surface area (Å²) in [6.45, 7) is 7.52. The molecule has 0 aliphatic carbocycles. The van der Waals surface area contributed by atoms with Crippen LogP contribution in [0.4, 0.5) is 0 Å². The third kappa shape index (κ3) is 3.09. The van der Waals surface area contributed by atoms with Crippen LogP contribution in [0, 0.1) is 19.8 Å². The highest BCUT2D eigenvalue weighted by Gasteiger charge is 2.31. The van der Waals surface area contributed by atoms with Crippen LogP contribution in [-0.4, -0.2) is 44.8 Å². The predicted molar refractivity (Wildman–Crippen MR) is 78.3 cm³/mol. The van der Waals surface area contributed by atoms with Crippen LogP contribution < -0.4 is 0 Å². The van der Waals surface area contributed by atoms with E-state index in [1.54, 1.807) is 4.90 Å². The molecule has 2 rings (SSSR count). The van der Waals surface area contributed by atoms with Crippen LogP contribution in [0.5, 0.6) is 0 Å². The Hall–Kier alpha value is -1.85. The molecule has 1 N–H and O–H groups in total. The van der Waals surface area contributed by atoms with Gasteiger partial charge in [0.15, 0.2) is 0 Å². The largest absolute Gasteiger partial charge is 0.481 e. The maximum Gasteiger partial charge on any atom is 0.308 e. The zero-order chi connectivity index (χ0) is 15.6. The summed E-state index contributed by atoms with van der Waals surface area (Å²) in [6.07, 6.45) is 2.34. The summed E-state index contributed by atoms with van der Waals surface area (Å²) in [5.41, 5.74) is 2.23. The lowest BCUT2D eigenvalue weighted by Crippen LogP contribution is -2.42. The number of hydrogen-bond acceptors (Lipinski definition) is 3. The summed E-state index contributed by atoms with van der Waals surface area (Å²) < 4.78 is 1.86. The number of carbonyl (C=O) groups is 2. The molecule has 0 spiro atoms. The van der Waals surface area contributed by atoms with Gasteiger partial charge >= 0.3 is 5.97 Å². The van der Waals surface area contributed by atoms with Gasteiger partial charge in [-0.15, -0.1) is 0 Å². The van der Waals surface area contributed by atoms with E-state index in [0.717, 1.165) is 30.8 Å². The van der Waals surface area contributed by atoms with E-state index in [4.69, 9.17) is 5.11 Å². The van der Waals surface area contributed by atoms with E-state index in [1.165, 1.54) is 0 Å². The molecule has 1 atom stereocenters. The van der Waals surface area contributed by atoms with Crippen molar-refractivity contribution in [2.75, 3.05) is 13.1 Å². The molecule has 1 saturated heterocycles. The molecule has 116 valence electrons. The first kappa shape index (κ1) is 15.5. The molecule has 0 aromatic carbocycles. The lowest BCUT2D eigenvalue weighted by molar-refractivity contribution is -0.143. The Kier molecular flexibility index (Phi) is 4.65. The first-order valence-corrected chi connectivity index (χ1v) is 7.51. The van der Waals surface area contributed by atoms with Gasteiger partial charge < -0.3 is 10.0 Å². The first-order valence-electron chi connectivity index (χ1n) is 7.51. The average Bonchev–Trinajstić information content (AvgIpc) is 2.73. The third-order valence-corrected chi connectivity index (χ3v) is 4.09. The number of hydrogen-bond donors (Lipinski definition) is 1. The second-order valence-electron chi connectivity index (χ2n) is 5.70. The number of aryl methyl sites for hydroxylation is 2. The van der Waals surface area contributed by atoms with E-state index in [1.807, 2.05) is 18.5 Å². The van der Waals surface area contributed by atoms with Crippen molar-refractivity contribution in [3.05, 3.63) is 17.0 Å². The number of nitrogens with zero attached hydrogens (tertiary/aromatic N) is 3. The van der Waals surface area contributed by atoms with Gasteiger partial charge in [-0.1, -0.05) is 6.92 Å². The van der Waals surface area contributed by atoms with E-state index in [-0.39, 0.29) is 5.91 Å². The molecule has 1 aliphatic heterocycles. The van der Waals surface area contributed by atoms with Gasteiger partial charge in [0.05, 0.1) is 17.2 Å². The first-order chi connectivity index (χ1) is 9.95. The Balaban J connectivity index is 2.22. The van der Waals surface area contributed by atoms with Crippen molar-refractivity contribution < 1.29 is 14.7 Å². The van der Waals surface area contributed by atoms with Crippen LogP contribution in [-0.2, 0) is 11.3 Å². The van der Waals surface area contributed by atoms with Crippen LogP contribution in [0.2, 0.25) is 0 Å². The molecule has 6 nitrogen and oxygen atoms in total. The van der Waals surface area contributed by atoms with Crippen molar-refractivity contribution in [1.29, 1.82) is 0 Å². The van der Waals surface area contributed by atoms with Crippen LogP contribution >= 0.6 is 0 Å². The van der Waals surface area contributed by atoms with E-state index in [2.05, 4.69) is 12.0 Å². The highest BCUT2D eigenvalue weighted by atomic mass is 16.4. The molecular weight excluding hydrogens is 270 g/mol. The minimum absolute atomic E-state index is 0.0849.